The van der Waals surface area contributed by atoms with Gasteiger partial charge in [-0.25, -0.2) is 5.43 Å². The number of hydrogen-bond donors (Lipinski definition) is 1. The van der Waals surface area contributed by atoms with E-state index in [9.17, 15) is 4.79 Å². The summed E-state index contributed by atoms with van der Waals surface area (Å²) in [6.45, 7) is 2.80. The van der Waals surface area contributed by atoms with Gasteiger partial charge in [0.15, 0.2) is 11.5 Å². The van der Waals surface area contributed by atoms with Crippen molar-refractivity contribution in [3.05, 3.63) is 58.1 Å². The van der Waals surface area contributed by atoms with Crippen LogP contribution in [0.3, 0.4) is 0 Å². The summed E-state index contributed by atoms with van der Waals surface area (Å²) in [5.74, 6) is 1.18. The number of rotatable bonds is 8. The van der Waals surface area contributed by atoms with E-state index in [1.807, 2.05) is 42.5 Å². The lowest BCUT2D eigenvalue weighted by Gasteiger charge is -2.25. The molecule has 1 aliphatic rings. The normalized spacial score (nSPS) is 14.7. The number of halogens is 1. The minimum Gasteiger partial charge on any atom is -0.493 e. The lowest BCUT2D eigenvalue weighted by molar-refractivity contribution is -0.122. The molecular formula is C22H26BrN3O3. The molecule has 2 aromatic rings. The monoisotopic (exact) mass is 459 g/mol. The zero-order valence-electron chi connectivity index (χ0n) is 16.6. The third-order valence-electron chi connectivity index (χ3n) is 4.71. The van der Waals surface area contributed by atoms with Crippen LogP contribution in [0, 0.1) is 0 Å². The molecule has 1 N–H and O–H groups in total. The Labute approximate surface area is 180 Å². The highest BCUT2D eigenvalue weighted by Gasteiger charge is 2.13. The number of ether oxygens (including phenoxy) is 2. The summed E-state index contributed by atoms with van der Waals surface area (Å²) in [5, 5.41) is 4.06. The molecule has 7 heteroatoms. The molecule has 1 heterocycles. The Balaban J connectivity index is 1.52. The van der Waals surface area contributed by atoms with Gasteiger partial charge in [0.25, 0.3) is 5.91 Å². The number of methoxy groups -OCH3 is 1. The Morgan fingerprint density at radius 3 is 2.62 bits per heavy atom. The molecule has 2 aromatic carbocycles. The highest BCUT2D eigenvalue weighted by Crippen LogP contribution is 2.28. The van der Waals surface area contributed by atoms with Crippen molar-refractivity contribution in [2.45, 2.75) is 25.9 Å². The second kappa shape index (κ2) is 11.0. The van der Waals surface area contributed by atoms with Gasteiger partial charge in [0.1, 0.15) is 6.61 Å². The van der Waals surface area contributed by atoms with E-state index in [4.69, 9.17) is 9.47 Å². The molecule has 1 aliphatic heterocycles. The van der Waals surface area contributed by atoms with Crippen LogP contribution in [0.5, 0.6) is 11.5 Å². The first-order valence-electron chi connectivity index (χ1n) is 9.73. The second-order valence-electron chi connectivity index (χ2n) is 6.96. The Hall–Kier alpha value is -2.38. The van der Waals surface area contributed by atoms with E-state index in [1.54, 1.807) is 13.3 Å². The summed E-state index contributed by atoms with van der Waals surface area (Å²) in [6, 6.07) is 13.5. The average molecular weight is 460 g/mol. The van der Waals surface area contributed by atoms with Gasteiger partial charge in [-0.05, 0) is 67.4 Å². The topological polar surface area (TPSA) is 63.2 Å². The van der Waals surface area contributed by atoms with Gasteiger partial charge < -0.3 is 9.47 Å². The van der Waals surface area contributed by atoms with Crippen LogP contribution < -0.4 is 14.9 Å². The second-order valence-corrected chi connectivity index (χ2v) is 7.87. The maximum absolute atomic E-state index is 12.0. The van der Waals surface area contributed by atoms with Crippen LogP contribution in [-0.4, -0.2) is 43.8 Å². The van der Waals surface area contributed by atoms with Crippen molar-refractivity contribution < 1.29 is 14.3 Å². The zero-order valence-corrected chi connectivity index (χ0v) is 18.2. The summed E-state index contributed by atoms with van der Waals surface area (Å²) in [7, 11) is 1.60. The number of amides is 1. The molecule has 0 saturated carbocycles. The van der Waals surface area contributed by atoms with Crippen LogP contribution in [0.4, 0.5) is 0 Å². The number of nitrogens with zero attached hydrogens (tertiary/aromatic N) is 2. The van der Waals surface area contributed by atoms with Gasteiger partial charge in [-0.15, -0.1) is 0 Å². The summed E-state index contributed by atoms with van der Waals surface area (Å²) < 4.78 is 12.3. The van der Waals surface area contributed by atoms with Crippen molar-refractivity contribution in [1.82, 2.24) is 10.3 Å². The molecule has 0 unspecified atom stereocenters. The fourth-order valence-electron chi connectivity index (χ4n) is 3.16. The van der Waals surface area contributed by atoms with Gasteiger partial charge in [0, 0.05) is 4.47 Å². The molecule has 29 heavy (non-hydrogen) atoms. The Bertz CT molecular complexity index is 834. The van der Waals surface area contributed by atoms with Crippen molar-refractivity contribution in [1.29, 1.82) is 0 Å². The molecule has 0 bridgehead atoms. The quantitative estimate of drug-likeness (QED) is 0.479. The molecular weight excluding hydrogens is 434 g/mol. The largest absolute Gasteiger partial charge is 0.493 e. The van der Waals surface area contributed by atoms with E-state index in [2.05, 4.69) is 31.4 Å². The minimum atomic E-state index is -0.0930. The summed E-state index contributed by atoms with van der Waals surface area (Å²) >= 11 is 3.42. The van der Waals surface area contributed by atoms with Crippen molar-refractivity contribution in [3.63, 3.8) is 0 Å². The summed E-state index contributed by atoms with van der Waals surface area (Å²) in [4.78, 5) is 14.2. The number of hydrazone groups is 1. The van der Waals surface area contributed by atoms with Crippen molar-refractivity contribution >= 4 is 28.1 Å². The maximum atomic E-state index is 12.0. The van der Waals surface area contributed by atoms with E-state index < -0.39 is 0 Å². The summed E-state index contributed by atoms with van der Waals surface area (Å²) in [5.41, 5.74) is 4.48. The lowest BCUT2D eigenvalue weighted by Crippen LogP contribution is -2.38. The van der Waals surface area contributed by atoms with Gasteiger partial charge in [0.05, 0.1) is 19.9 Å². The molecule has 0 atom stereocenters. The van der Waals surface area contributed by atoms with Gasteiger partial charge in [0.2, 0.25) is 0 Å². The first kappa shape index (κ1) is 21.3. The van der Waals surface area contributed by atoms with Crippen molar-refractivity contribution in [2.75, 3.05) is 26.7 Å². The van der Waals surface area contributed by atoms with Crippen LogP contribution in [0.1, 0.15) is 30.4 Å². The first-order chi connectivity index (χ1) is 14.1. The SMILES string of the molecule is COc1cc(/C=N/NC(=O)CN2CCCCC2)ccc1OCc1ccc(Br)cc1. The molecule has 0 aromatic heterocycles. The molecule has 154 valence electrons. The highest BCUT2D eigenvalue weighted by atomic mass is 79.9. The maximum Gasteiger partial charge on any atom is 0.254 e. The fraction of sp³-hybridized carbons (Fsp3) is 0.364. The van der Waals surface area contributed by atoms with Gasteiger partial charge in [-0.1, -0.05) is 34.5 Å². The predicted octanol–water partition coefficient (Wildman–Crippen LogP) is 3.97. The number of hydrogen-bond acceptors (Lipinski definition) is 5. The average Bonchev–Trinajstić information content (AvgIpc) is 2.74. The van der Waals surface area contributed by atoms with Crippen LogP contribution in [0.15, 0.2) is 52.0 Å². The molecule has 1 saturated heterocycles. The van der Waals surface area contributed by atoms with Gasteiger partial charge in [-0.3, -0.25) is 9.69 Å². The van der Waals surface area contributed by atoms with E-state index in [1.165, 1.54) is 6.42 Å². The predicted molar refractivity (Wildman–Crippen MR) is 117 cm³/mol. The molecule has 1 fully saturated rings. The van der Waals surface area contributed by atoms with Gasteiger partial charge >= 0.3 is 0 Å². The first-order valence-corrected chi connectivity index (χ1v) is 10.5. The Kier molecular flexibility index (Phi) is 8.07. The molecule has 6 nitrogen and oxygen atoms in total. The standard InChI is InChI=1S/C22H26BrN3O3/c1-28-21-13-18(14-24-25-22(27)15-26-11-3-2-4-12-26)7-10-20(21)29-16-17-5-8-19(23)9-6-17/h5-10,13-14H,2-4,11-12,15-16H2,1H3,(H,25,27)/b24-14+. The van der Waals surface area contributed by atoms with Crippen LogP contribution >= 0.6 is 15.9 Å². The van der Waals surface area contributed by atoms with Gasteiger partial charge in [-0.2, -0.15) is 5.10 Å². The van der Waals surface area contributed by atoms with E-state index in [-0.39, 0.29) is 5.91 Å². The number of carbonyl (C=O) groups excluding carboxylic acids is 1. The third-order valence-corrected chi connectivity index (χ3v) is 5.24. The molecule has 0 spiro atoms. The Morgan fingerprint density at radius 1 is 1.14 bits per heavy atom. The van der Waals surface area contributed by atoms with Crippen molar-refractivity contribution in [3.8, 4) is 11.5 Å². The van der Waals surface area contributed by atoms with Crippen LogP contribution in [-0.2, 0) is 11.4 Å². The summed E-state index contributed by atoms with van der Waals surface area (Å²) in [6.07, 6.45) is 5.18. The zero-order chi connectivity index (χ0) is 20.5. The fourth-order valence-corrected chi connectivity index (χ4v) is 3.42. The molecule has 0 radical (unpaired) electrons. The smallest absolute Gasteiger partial charge is 0.254 e. The molecule has 3 rings (SSSR count). The van der Waals surface area contributed by atoms with E-state index in [0.717, 1.165) is 41.5 Å². The van der Waals surface area contributed by atoms with E-state index >= 15 is 0 Å². The van der Waals surface area contributed by atoms with Crippen molar-refractivity contribution in [2.24, 2.45) is 5.10 Å². The number of likely N-dealkylation sites (tertiary alicyclic amines) is 1. The highest BCUT2D eigenvalue weighted by molar-refractivity contribution is 9.10. The number of nitrogens with one attached hydrogen (secondary N) is 1. The number of carbonyl (C=O) groups is 1. The Morgan fingerprint density at radius 2 is 1.90 bits per heavy atom. The minimum absolute atomic E-state index is 0.0930. The molecule has 1 amide bonds. The number of piperidine rings is 1. The van der Waals surface area contributed by atoms with E-state index in [0.29, 0.717) is 24.7 Å². The third kappa shape index (κ3) is 6.87. The van der Waals surface area contributed by atoms with Crippen LogP contribution in [0.2, 0.25) is 0 Å². The molecule has 0 aliphatic carbocycles. The number of benzene rings is 2. The van der Waals surface area contributed by atoms with Crippen LogP contribution in [0.25, 0.3) is 0 Å². The lowest BCUT2D eigenvalue weighted by atomic mass is 10.1.